The lowest BCUT2D eigenvalue weighted by molar-refractivity contribution is 0.403. The molecule has 2 rings (SSSR count). The Bertz CT molecular complexity index is 571. The molecule has 0 fully saturated rings. The Kier molecular flexibility index (Phi) is 10.0. The van der Waals surface area contributed by atoms with Gasteiger partial charge < -0.3 is 16.0 Å². The van der Waals surface area contributed by atoms with E-state index in [0.717, 1.165) is 32.5 Å². The van der Waals surface area contributed by atoms with E-state index in [-0.39, 0.29) is 0 Å². The van der Waals surface area contributed by atoms with E-state index in [2.05, 4.69) is 83.5 Å². The van der Waals surface area contributed by atoms with Crippen LogP contribution in [0, 0.1) is 0 Å². The number of hydrogen-bond acceptors (Lipinski definition) is 3. The summed E-state index contributed by atoms with van der Waals surface area (Å²) in [6.07, 6.45) is 4.56. The largest absolute Gasteiger partial charge is 0.318 e. The van der Waals surface area contributed by atoms with Crippen molar-refractivity contribution in [3.8, 4) is 0 Å². The number of benzene rings is 2. The zero-order valence-electron chi connectivity index (χ0n) is 16.4. The number of nitrogens with one attached hydrogen (secondary N) is 3. The van der Waals surface area contributed by atoms with Crippen LogP contribution in [0.1, 0.15) is 30.9 Å². The molecular weight excluding hydrogens is 318 g/mol. The molecule has 0 aliphatic rings. The number of rotatable bonds is 13. The average molecular weight is 354 g/mol. The lowest BCUT2D eigenvalue weighted by Gasteiger charge is -2.24. The van der Waals surface area contributed by atoms with E-state index in [1.54, 1.807) is 0 Å². The minimum Gasteiger partial charge on any atom is -0.318 e. The Morgan fingerprint density at radius 1 is 0.769 bits per heavy atom. The molecule has 0 aromatic heterocycles. The van der Waals surface area contributed by atoms with Gasteiger partial charge in [-0.1, -0.05) is 74.0 Å². The molecule has 3 nitrogen and oxygen atoms in total. The summed E-state index contributed by atoms with van der Waals surface area (Å²) in [4.78, 5) is 0. The van der Waals surface area contributed by atoms with E-state index < -0.39 is 0 Å². The molecule has 0 aliphatic heterocycles. The van der Waals surface area contributed by atoms with Gasteiger partial charge in [-0.3, -0.25) is 0 Å². The fraction of sp³-hybridized carbons (Fsp3) is 0.478. The van der Waals surface area contributed by atoms with E-state index in [0.29, 0.717) is 12.1 Å². The van der Waals surface area contributed by atoms with Gasteiger partial charge in [0.2, 0.25) is 0 Å². The van der Waals surface area contributed by atoms with Gasteiger partial charge in [-0.25, -0.2) is 0 Å². The first kappa shape index (κ1) is 20.6. The smallest absolute Gasteiger partial charge is 0.0233 e. The van der Waals surface area contributed by atoms with Crippen LogP contribution in [-0.4, -0.2) is 38.8 Å². The average Bonchev–Trinajstić information content (AvgIpc) is 2.68. The summed E-state index contributed by atoms with van der Waals surface area (Å²) < 4.78 is 0. The molecule has 0 saturated heterocycles. The van der Waals surface area contributed by atoms with Crippen molar-refractivity contribution < 1.29 is 0 Å². The highest BCUT2D eigenvalue weighted by atomic mass is 15.0. The van der Waals surface area contributed by atoms with Gasteiger partial charge in [0.25, 0.3) is 0 Å². The summed E-state index contributed by atoms with van der Waals surface area (Å²) in [5.74, 6) is 0. The van der Waals surface area contributed by atoms with E-state index in [1.165, 1.54) is 24.0 Å². The van der Waals surface area contributed by atoms with Crippen molar-refractivity contribution in [2.75, 3.05) is 26.7 Å². The predicted molar refractivity (Wildman–Crippen MR) is 113 cm³/mol. The normalized spacial score (nSPS) is 13.5. The van der Waals surface area contributed by atoms with E-state index in [4.69, 9.17) is 0 Å². The van der Waals surface area contributed by atoms with E-state index >= 15 is 0 Å². The van der Waals surface area contributed by atoms with Crippen molar-refractivity contribution in [3.63, 3.8) is 0 Å². The lowest BCUT2D eigenvalue weighted by atomic mass is 10.0. The third kappa shape index (κ3) is 8.13. The van der Waals surface area contributed by atoms with E-state index in [1.807, 2.05) is 7.05 Å². The molecule has 1 unspecified atom stereocenters. The summed E-state index contributed by atoms with van der Waals surface area (Å²) in [5.41, 5.74) is 2.80. The molecule has 3 N–H and O–H groups in total. The predicted octanol–water partition coefficient (Wildman–Crippen LogP) is 3.41. The van der Waals surface area contributed by atoms with Crippen LogP contribution in [0.25, 0.3) is 0 Å². The molecule has 0 aliphatic carbocycles. The summed E-state index contributed by atoms with van der Waals surface area (Å²) >= 11 is 0. The van der Waals surface area contributed by atoms with Crippen LogP contribution in [0.2, 0.25) is 0 Å². The van der Waals surface area contributed by atoms with Crippen molar-refractivity contribution in [2.24, 2.45) is 0 Å². The van der Waals surface area contributed by atoms with Crippen molar-refractivity contribution in [1.82, 2.24) is 16.0 Å². The number of likely N-dealkylation sites (N-methyl/N-ethyl adjacent to an activating group) is 1. The van der Waals surface area contributed by atoms with Crippen molar-refractivity contribution >= 4 is 0 Å². The van der Waals surface area contributed by atoms with Gasteiger partial charge in [0.1, 0.15) is 0 Å². The van der Waals surface area contributed by atoms with Gasteiger partial charge in [-0.15, -0.1) is 0 Å². The molecule has 2 aromatic rings. The fourth-order valence-electron chi connectivity index (χ4n) is 3.36. The highest BCUT2D eigenvalue weighted by Crippen LogP contribution is 2.04. The van der Waals surface area contributed by atoms with Crippen LogP contribution < -0.4 is 16.0 Å². The standard InChI is InChI=1S/C23H35N3/c1-3-10-22(25-16-15-20-11-6-4-7-12-20)19-26-23(18-24-2)17-21-13-8-5-9-14-21/h4-9,11-14,22-26H,3,10,15-19H2,1-2H3/t22?,23-/m0/s1. The highest BCUT2D eigenvalue weighted by Gasteiger charge is 2.12. The van der Waals surface area contributed by atoms with Crippen LogP contribution in [0.4, 0.5) is 0 Å². The lowest BCUT2D eigenvalue weighted by Crippen LogP contribution is -2.46. The molecule has 142 valence electrons. The highest BCUT2D eigenvalue weighted by molar-refractivity contribution is 5.16. The van der Waals surface area contributed by atoms with Crippen LogP contribution >= 0.6 is 0 Å². The van der Waals surface area contributed by atoms with Crippen LogP contribution in [-0.2, 0) is 12.8 Å². The Morgan fingerprint density at radius 3 is 2.04 bits per heavy atom. The molecule has 0 radical (unpaired) electrons. The second-order valence-electron chi connectivity index (χ2n) is 7.03. The Labute approximate surface area is 159 Å². The van der Waals surface area contributed by atoms with Gasteiger partial charge in [-0.05, 0) is 44.0 Å². The van der Waals surface area contributed by atoms with Gasteiger partial charge in [0.15, 0.2) is 0 Å². The fourth-order valence-corrected chi connectivity index (χ4v) is 3.36. The van der Waals surface area contributed by atoms with Crippen LogP contribution in [0.3, 0.4) is 0 Å². The molecule has 3 heteroatoms. The molecule has 26 heavy (non-hydrogen) atoms. The van der Waals surface area contributed by atoms with Crippen LogP contribution in [0.5, 0.6) is 0 Å². The molecule has 0 bridgehead atoms. The van der Waals surface area contributed by atoms with Crippen molar-refractivity contribution in [2.45, 2.75) is 44.7 Å². The maximum absolute atomic E-state index is 3.78. The molecule has 0 heterocycles. The Morgan fingerprint density at radius 2 is 1.42 bits per heavy atom. The Hall–Kier alpha value is -1.68. The topological polar surface area (TPSA) is 36.1 Å². The SMILES string of the molecule is CCCC(CN[C@H](CNC)Cc1ccccc1)NCCc1ccccc1. The van der Waals surface area contributed by atoms with Crippen molar-refractivity contribution in [1.29, 1.82) is 0 Å². The monoisotopic (exact) mass is 353 g/mol. The summed E-state index contributed by atoms with van der Waals surface area (Å²) in [5, 5.41) is 10.9. The molecule has 2 atom stereocenters. The molecule has 0 amide bonds. The quantitative estimate of drug-likeness (QED) is 0.516. The number of hydrogen-bond donors (Lipinski definition) is 3. The zero-order valence-corrected chi connectivity index (χ0v) is 16.4. The van der Waals surface area contributed by atoms with Gasteiger partial charge >= 0.3 is 0 Å². The maximum Gasteiger partial charge on any atom is 0.0233 e. The van der Waals surface area contributed by atoms with Gasteiger partial charge in [-0.2, -0.15) is 0 Å². The van der Waals surface area contributed by atoms with E-state index in [9.17, 15) is 0 Å². The van der Waals surface area contributed by atoms with Gasteiger partial charge in [0, 0.05) is 25.2 Å². The Balaban J connectivity index is 1.78. The summed E-state index contributed by atoms with van der Waals surface area (Å²) in [7, 11) is 2.03. The minimum atomic E-state index is 0.456. The molecular formula is C23H35N3. The second kappa shape index (κ2) is 12.6. The van der Waals surface area contributed by atoms with Crippen LogP contribution in [0.15, 0.2) is 60.7 Å². The second-order valence-corrected chi connectivity index (χ2v) is 7.03. The zero-order chi connectivity index (χ0) is 18.5. The van der Waals surface area contributed by atoms with Gasteiger partial charge in [0.05, 0.1) is 0 Å². The molecule has 0 saturated carbocycles. The summed E-state index contributed by atoms with van der Waals surface area (Å²) in [6, 6.07) is 22.5. The first-order chi connectivity index (χ1) is 12.8. The minimum absolute atomic E-state index is 0.456. The molecule has 0 spiro atoms. The first-order valence-corrected chi connectivity index (χ1v) is 10.0. The molecule has 2 aromatic carbocycles. The summed E-state index contributed by atoms with van der Waals surface area (Å²) in [6.45, 7) is 5.30. The first-order valence-electron chi connectivity index (χ1n) is 10.0. The maximum atomic E-state index is 3.78. The third-order valence-corrected chi connectivity index (χ3v) is 4.76. The third-order valence-electron chi connectivity index (χ3n) is 4.76. The van der Waals surface area contributed by atoms with Crippen molar-refractivity contribution in [3.05, 3.63) is 71.8 Å².